The Bertz CT molecular complexity index is 750. The minimum absolute atomic E-state index is 0.162. The zero-order valence-corrected chi connectivity index (χ0v) is 17.1. The maximum absolute atomic E-state index is 12.2. The number of nitrogens with zero attached hydrogens (tertiary/aromatic N) is 1. The Labute approximate surface area is 160 Å². The van der Waals surface area contributed by atoms with Crippen molar-refractivity contribution >= 4 is 44.2 Å². The predicted octanol–water partition coefficient (Wildman–Crippen LogP) is 3.99. The molecule has 0 aliphatic rings. The number of benzene rings is 1. The maximum atomic E-state index is 12.2. The van der Waals surface area contributed by atoms with Gasteiger partial charge < -0.3 is 10.6 Å². The van der Waals surface area contributed by atoms with Gasteiger partial charge in [-0.3, -0.25) is 9.59 Å². The summed E-state index contributed by atoms with van der Waals surface area (Å²) in [7, 11) is 0. The van der Waals surface area contributed by atoms with E-state index in [1.165, 1.54) is 16.9 Å². The van der Waals surface area contributed by atoms with Crippen LogP contribution in [-0.4, -0.2) is 22.8 Å². The van der Waals surface area contributed by atoms with Gasteiger partial charge in [0.2, 0.25) is 11.8 Å². The van der Waals surface area contributed by atoms with Crippen LogP contribution in [0.3, 0.4) is 0 Å². The highest BCUT2D eigenvalue weighted by Gasteiger charge is 2.25. The van der Waals surface area contributed by atoms with Crippen LogP contribution in [0.15, 0.2) is 34.9 Å². The second-order valence-electron chi connectivity index (χ2n) is 6.87. The molecule has 1 aromatic carbocycles. The molecule has 1 aromatic heterocycles. The van der Waals surface area contributed by atoms with Crippen LogP contribution in [0, 0.1) is 5.41 Å². The van der Waals surface area contributed by atoms with Crippen LogP contribution >= 0.6 is 27.3 Å². The average Bonchev–Trinajstić information content (AvgIpc) is 2.95. The van der Waals surface area contributed by atoms with Gasteiger partial charge >= 0.3 is 0 Å². The Morgan fingerprint density at radius 2 is 1.88 bits per heavy atom. The third-order valence-corrected chi connectivity index (χ3v) is 4.94. The first-order chi connectivity index (χ1) is 11.6. The fraction of sp³-hybridized carbons (Fsp3) is 0.389. The molecule has 0 fully saturated rings. The van der Waals surface area contributed by atoms with E-state index in [1.54, 1.807) is 13.1 Å². The van der Waals surface area contributed by atoms with Gasteiger partial charge in [-0.25, -0.2) is 4.98 Å². The van der Waals surface area contributed by atoms with E-state index in [-0.39, 0.29) is 11.8 Å². The van der Waals surface area contributed by atoms with Gasteiger partial charge in [0, 0.05) is 27.4 Å². The molecule has 0 aliphatic carbocycles. The summed E-state index contributed by atoms with van der Waals surface area (Å²) in [5, 5.41) is 6.01. The number of thiazole rings is 1. The highest BCUT2D eigenvalue weighted by molar-refractivity contribution is 9.10. The van der Waals surface area contributed by atoms with Crippen molar-refractivity contribution in [3.05, 3.63) is 45.4 Å². The number of aromatic nitrogens is 1. The van der Waals surface area contributed by atoms with Crippen molar-refractivity contribution in [1.82, 2.24) is 10.3 Å². The number of hydrogen-bond donors (Lipinski definition) is 2. The standard InChI is InChI=1S/C18H22BrN3O2S/c1-11(21-16(24)18(2,3)4)15(23)22-17-20-10-14(25-17)9-12-5-7-13(19)8-6-12/h5-8,10-11H,9H2,1-4H3,(H,21,24)(H,20,22,23)/t11-/m1/s1. The number of nitrogens with one attached hydrogen (secondary N) is 2. The molecule has 134 valence electrons. The number of anilines is 1. The quantitative estimate of drug-likeness (QED) is 0.763. The summed E-state index contributed by atoms with van der Waals surface area (Å²) in [5.74, 6) is -0.438. The lowest BCUT2D eigenvalue weighted by Gasteiger charge is -2.21. The van der Waals surface area contributed by atoms with Crippen LogP contribution in [0.4, 0.5) is 5.13 Å². The van der Waals surface area contributed by atoms with E-state index in [9.17, 15) is 9.59 Å². The van der Waals surface area contributed by atoms with Crippen LogP contribution in [0.5, 0.6) is 0 Å². The van der Waals surface area contributed by atoms with Gasteiger partial charge in [-0.1, -0.05) is 48.8 Å². The largest absolute Gasteiger partial charge is 0.344 e. The molecule has 2 rings (SSSR count). The molecule has 1 atom stereocenters. The fourth-order valence-corrected chi connectivity index (χ4v) is 3.06. The molecule has 7 heteroatoms. The van der Waals surface area contributed by atoms with Crippen LogP contribution in [-0.2, 0) is 16.0 Å². The van der Waals surface area contributed by atoms with Crippen molar-refractivity contribution in [3.8, 4) is 0 Å². The minimum Gasteiger partial charge on any atom is -0.344 e. The van der Waals surface area contributed by atoms with Crippen LogP contribution < -0.4 is 10.6 Å². The van der Waals surface area contributed by atoms with Gasteiger partial charge in [-0.15, -0.1) is 11.3 Å². The normalized spacial score (nSPS) is 12.5. The lowest BCUT2D eigenvalue weighted by atomic mass is 9.95. The summed E-state index contributed by atoms with van der Waals surface area (Å²) < 4.78 is 1.04. The van der Waals surface area contributed by atoms with E-state index in [4.69, 9.17) is 0 Å². The summed E-state index contributed by atoms with van der Waals surface area (Å²) >= 11 is 4.85. The smallest absolute Gasteiger partial charge is 0.248 e. The second kappa shape index (κ2) is 8.10. The van der Waals surface area contributed by atoms with Crippen molar-refractivity contribution < 1.29 is 9.59 Å². The highest BCUT2D eigenvalue weighted by atomic mass is 79.9. The lowest BCUT2D eigenvalue weighted by Crippen LogP contribution is -2.46. The number of carbonyl (C=O) groups is 2. The minimum atomic E-state index is -0.620. The van der Waals surface area contributed by atoms with E-state index in [0.29, 0.717) is 5.13 Å². The highest BCUT2D eigenvalue weighted by Crippen LogP contribution is 2.22. The van der Waals surface area contributed by atoms with E-state index in [0.717, 1.165) is 15.8 Å². The van der Waals surface area contributed by atoms with Crippen molar-refractivity contribution in [1.29, 1.82) is 0 Å². The van der Waals surface area contributed by atoms with Gasteiger partial charge in [-0.05, 0) is 24.6 Å². The van der Waals surface area contributed by atoms with Crippen molar-refractivity contribution in [2.45, 2.75) is 40.2 Å². The molecular weight excluding hydrogens is 402 g/mol. The lowest BCUT2D eigenvalue weighted by molar-refractivity contribution is -0.131. The van der Waals surface area contributed by atoms with Crippen LogP contribution in [0.2, 0.25) is 0 Å². The third-order valence-electron chi connectivity index (χ3n) is 3.50. The molecule has 0 radical (unpaired) electrons. The van der Waals surface area contributed by atoms with E-state index < -0.39 is 11.5 Å². The monoisotopic (exact) mass is 423 g/mol. The molecule has 0 aliphatic heterocycles. The molecule has 1 heterocycles. The Morgan fingerprint density at radius 3 is 2.48 bits per heavy atom. The molecule has 25 heavy (non-hydrogen) atoms. The van der Waals surface area contributed by atoms with E-state index >= 15 is 0 Å². The van der Waals surface area contributed by atoms with Gasteiger partial charge in [0.05, 0.1) is 0 Å². The second-order valence-corrected chi connectivity index (χ2v) is 8.90. The SMILES string of the molecule is C[C@@H](NC(=O)C(C)(C)C)C(=O)Nc1ncc(Cc2ccc(Br)cc2)s1. The number of halogens is 1. The third kappa shape index (κ3) is 5.93. The average molecular weight is 424 g/mol. The van der Waals surface area contributed by atoms with Crippen LogP contribution in [0.25, 0.3) is 0 Å². The molecule has 2 N–H and O–H groups in total. The summed E-state index contributed by atoms with van der Waals surface area (Å²) in [4.78, 5) is 29.5. The first kappa shape index (κ1) is 19.6. The van der Waals surface area contributed by atoms with Crippen molar-refractivity contribution in [3.63, 3.8) is 0 Å². The Balaban J connectivity index is 1.92. The molecule has 0 bridgehead atoms. The maximum Gasteiger partial charge on any atom is 0.248 e. The zero-order valence-electron chi connectivity index (χ0n) is 14.7. The van der Waals surface area contributed by atoms with E-state index in [1.807, 2.05) is 45.0 Å². The van der Waals surface area contributed by atoms with Crippen LogP contribution in [0.1, 0.15) is 38.1 Å². The van der Waals surface area contributed by atoms with Crippen molar-refractivity contribution in [2.75, 3.05) is 5.32 Å². The Hall–Kier alpha value is -1.73. The molecule has 0 saturated heterocycles. The zero-order chi connectivity index (χ0) is 18.6. The number of hydrogen-bond acceptors (Lipinski definition) is 4. The van der Waals surface area contributed by atoms with E-state index in [2.05, 4.69) is 31.5 Å². The van der Waals surface area contributed by atoms with Gasteiger partial charge in [-0.2, -0.15) is 0 Å². The predicted molar refractivity (Wildman–Crippen MR) is 105 cm³/mol. The summed E-state index contributed by atoms with van der Waals surface area (Å²) in [6, 6.07) is 7.47. The van der Waals surface area contributed by atoms with Gasteiger partial charge in [0.25, 0.3) is 0 Å². The first-order valence-electron chi connectivity index (χ1n) is 7.96. The summed E-state index contributed by atoms with van der Waals surface area (Å²) in [5.41, 5.74) is 0.642. The number of carbonyl (C=O) groups excluding carboxylic acids is 2. The summed E-state index contributed by atoms with van der Waals surface area (Å²) in [6.45, 7) is 7.09. The topological polar surface area (TPSA) is 71.1 Å². The first-order valence-corrected chi connectivity index (χ1v) is 9.57. The molecule has 0 saturated carbocycles. The van der Waals surface area contributed by atoms with Crippen molar-refractivity contribution in [2.24, 2.45) is 5.41 Å². The van der Waals surface area contributed by atoms with Gasteiger partial charge in [0.1, 0.15) is 6.04 Å². The molecule has 2 amide bonds. The number of amides is 2. The molecular formula is C18H22BrN3O2S. The fourth-order valence-electron chi connectivity index (χ4n) is 1.94. The van der Waals surface area contributed by atoms with Gasteiger partial charge in [0.15, 0.2) is 5.13 Å². The molecule has 2 aromatic rings. The molecule has 0 spiro atoms. The Kier molecular flexibility index (Phi) is 6.35. The Morgan fingerprint density at radius 1 is 1.24 bits per heavy atom. The number of rotatable bonds is 5. The summed E-state index contributed by atoms with van der Waals surface area (Å²) in [6.07, 6.45) is 2.53. The molecule has 0 unspecified atom stereocenters. The molecule has 5 nitrogen and oxygen atoms in total.